The first kappa shape index (κ1) is 15.3. The zero-order valence-electron chi connectivity index (χ0n) is 13.4. The SMILES string of the molecule is CNC(C1CCCCC1)C(C)(C)N1CCCCCC1. The molecule has 0 aromatic rings. The van der Waals surface area contributed by atoms with E-state index < -0.39 is 0 Å². The van der Waals surface area contributed by atoms with Crippen molar-refractivity contribution in [1.29, 1.82) is 0 Å². The molecule has 1 unspecified atom stereocenters. The summed E-state index contributed by atoms with van der Waals surface area (Å²) in [6, 6.07) is 0.658. The van der Waals surface area contributed by atoms with Gasteiger partial charge >= 0.3 is 0 Å². The second-order valence-corrected chi connectivity index (χ2v) is 7.22. The van der Waals surface area contributed by atoms with E-state index in [1.807, 2.05) is 0 Å². The van der Waals surface area contributed by atoms with Crippen LogP contribution in [0.3, 0.4) is 0 Å². The van der Waals surface area contributed by atoms with Gasteiger partial charge in [0.25, 0.3) is 0 Å². The van der Waals surface area contributed by atoms with E-state index in [1.54, 1.807) is 0 Å². The van der Waals surface area contributed by atoms with Gasteiger partial charge in [-0.3, -0.25) is 4.90 Å². The maximum absolute atomic E-state index is 3.69. The second kappa shape index (κ2) is 7.08. The summed E-state index contributed by atoms with van der Waals surface area (Å²) in [5, 5.41) is 3.69. The average Bonchev–Trinajstić information content (AvgIpc) is 2.70. The van der Waals surface area contributed by atoms with Crippen molar-refractivity contribution in [2.75, 3.05) is 20.1 Å². The first-order valence-corrected chi connectivity index (χ1v) is 8.58. The molecule has 1 N–H and O–H groups in total. The summed E-state index contributed by atoms with van der Waals surface area (Å²) < 4.78 is 0. The third-order valence-corrected chi connectivity index (χ3v) is 5.61. The Morgan fingerprint density at radius 2 is 1.42 bits per heavy atom. The summed E-state index contributed by atoms with van der Waals surface area (Å²) in [7, 11) is 2.18. The molecule has 0 radical (unpaired) electrons. The molecule has 0 aromatic heterocycles. The monoisotopic (exact) mass is 266 g/mol. The highest BCUT2D eigenvalue weighted by Gasteiger charge is 2.39. The van der Waals surface area contributed by atoms with Gasteiger partial charge in [-0.2, -0.15) is 0 Å². The van der Waals surface area contributed by atoms with Crippen molar-refractivity contribution in [3.63, 3.8) is 0 Å². The van der Waals surface area contributed by atoms with Crippen LogP contribution in [0.2, 0.25) is 0 Å². The van der Waals surface area contributed by atoms with Gasteiger partial charge < -0.3 is 5.32 Å². The van der Waals surface area contributed by atoms with E-state index >= 15 is 0 Å². The molecule has 1 saturated heterocycles. The lowest BCUT2D eigenvalue weighted by atomic mass is 9.75. The molecule has 1 aliphatic carbocycles. The number of rotatable bonds is 4. The minimum atomic E-state index is 0.307. The van der Waals surface area contributed by atoms with Crippen molar-refractivity contribution in [2.45, 2.75) is 83.2 Å². The highest BCUT2D eigenvalue weighted by molar-refractivity contribution is 4.97. The maximum atomic E-state index is 3.69. The van der Waals surface area contributed by atoms with Gasteiger partial charge in [-0.1, -0.05) is 32.1 Å². The highest BCUT2D eigenvalue weighted by Crippen LogP contribution is 2.34. The molecule has 0 spiro atoms. The van der Waals surface area contributed by atoms with Crippen LogP contribution in [0.15, 0.2) is 0 Å². The van der Waals surface area contributed by atoms with Gasteiger partial charge in [0.2, 0.25) is 0 Å². The Balaban J connectivity index is 2.04. The fourth-order valence-corrected chi connectivity index (χ4v) is 4.48. The molecule has 0 amide bonds. The Hall–Kier alpha value is -0.0800. The van der Waals surface area contributed by atoms with Crippen molar-refractivity contribution in [1.82, 2.24) is 10.2 Å². The summed E-state index contributed by atoms with van der Waals surface area (Å²) in [5.74, 6) is 0.886. The van der Waals surface area contributed by atoms with Crippen molar-refractivity contribution >= 4 is 0 Å². The van der Waals surface area contributed by atoms with E-state index in [1.165, 1.54) is 70.9 Å². The maximum Gasteiger partial charge on any atom is 0.0308 e. The molecule has 2 nitrogen and oxygen atoms in total. The first-order chi connectivity index (χ1) is 9.16. The zero-order chi connectivity index (χ0) is 13.7. The third kappa shape index (κ3) is 3.72. The molecule has 0 aromatic carbocycles. The van der Waals surface area contributed by atoms with E-state index in [2.05, 4.69) is 31.1 Å². The number of hydrogen-bond acceptors (Lipinski definition) is 2. The molecule has 1 saturated carbocycles. The number of nitrogens with one attached hydrogen (secondary N) is 1. The first-order valence-electron chi connectivity index (χ1n) is 8.58. The quantitative estimate of drug-likeness (QED) is 0.832. The van der Waals surface area contributed by atoms with Gasteiger partial charge in [0.05, 0.1) is 0 Å². The van der Waals surface area contributed by atoms with Crippen LogP contribution in [-0.4, -0.2) is 36.6 Å². The van der Waals surface area contributed by atoms with Crippen molar-refractivity contribution in [3.8, 4) is 0 Å². The topological polar surface area (TPSA) is 15.3 Å². The van der Waals surface area contributed by atoms with Crippen molar-refractivity contribution in [3.05, 3.63) is 0 Å². The van der Waals surface area contributed by atoms with Crippen LogP contribution in [0.4, 0.5) is 0 Å². The summed E-state index contributed by atoms with van der Waals surface area (Å²) in [6.45, 7) is 7.57. The van der Waals surface area contributed by atoms with Gasteiger partial charge in [0, 0.05) is 11.6 Å². The van der Waals surface area contributed by atoms with Gasteiger partial charge in [-0.15, -0.1) is 0 Å². The fraction of sp³-hybridized carbons (Fsp3) is 1.00. The lowest BCUT2D eigenvalue weighted by Crippen LogP contribution is -2.60. The average molecular weight is 266 g/mol. The van der Waals surface area contributed by atoms with Crippen molar-refractivity contribution < 1.29 is 0 Å². The van der Waals surface area contributed by atoms with Crippen LogP contribution in [0.25, 0.3) is 0 Å². The van der Waals surface area contributed by atoms with Crippen LogP contribution in [0.1, 0.15) is 71.6 Å². The molecule has 19 heavy (non-hydrogen) atoms. The summed E-state index contributed by atoms with van der Waals surface area (Å²) in [5.41, 5.74) is 0.307. The molecular weight excluding hydrogens is 232 g/mol. The second-order valence-electron chi connectivity index (χ2n) is 7.22. The molecule has 112 valence electrons. The number of likely N-dealkylation sites (tertiary alicyclic amines) is 1. The Morgan fingerprint density at radius 1 is 0.895 bits per heavy atom. The fourth-order valence-electron chi connectivity index (χ4n) is 4.48. The van der Waals surface area contributed by atoms with Gasteiger partial charge in [-0.25, -0.2) is 0 Å². The summed E-state index contributed by atoms with van der Waals surface area (Å²) in [4.78, 5) is 2.77. The smallest absolute Gasteiger partial charge is 0.0308 e. The minimum Gasteiger partial charge on any atom is -0.315 e. The third-order valence-electron chi connectivity index (χ3n) is 5.61. The normalized spacial score (nSPS) is 26.1. The van der Waals surface area contributed by atoms with E-state index in [9.17, 15) is 0 Å². The summed E-state index contributed by atoms with van der Waals surface area (Å²) in [6.07, 6.45) is 12.9. The molecule has 2 aliphatic rings. The van der Waals surface area contributed by atoms with Gasteiger partial charge in [0.15, 0.2) is 0 Å². The molecule has 2 fully saturated rings. The van der Waals surface area contributed by atoms with Crippen LogP contribution >= 0.6 is 0 Å². The Morgan fingerprint density at radius 3 is 1.95 bits per heavy atom. The predicted octanol–water partition coefficient (Wildman–Crippen LogP) is 3.81. The van der Waals surface area contributed by atoms with Crippen molar-refractivity contribution in [2.24, 2.45) is 5.92 Å². The molecule has 1 atom stereocenters. The lowest BCUT2D eigenvalue weighted by Gasteiger charge is -2.48. The molecule has 2 heteroatoms. The van der Waals surface area contributed by atoms with Crippen LogP contribution in [-0.2, 0) is 0 Å². The highest BCUT2D eigenvalue weighted by atomic mass is 15.2. The Bertz CT molecular complexity index is 248. The van der Waals surface area contributed by atoms with E-state index in [0.29, 0.717) is 11.6 Å². The van der Waals surface area contributed by atoms with E-state index in [0.717, 1.165) is 5.92 Å². The van der Waals surface area contributed by atoms with Crippen LogP contribution in [0, 0.1) is 5.92 Å². The predicted molar refractivity (Wildman–Crippen MR) is 83.5 cm³/mol. The van der Waals surface area contributed by atoms with Crippen LogP contribution in [0.5, 0.6) is 0 Å². The molecule has 0 bridgehead atoms. The van der Waals surface area contributed by atoms with Gasteiger partial charge in [0.1, 0.15) is 0 Å². The standard InChI is InChI=1S/C17H34N2/c1-17(2,19-13-9-4-5-10-14-19)16(18-3)15-11-7-6-8-12-15/h15-16,18H,4-14H2,1-3H3. The minimum absolute atomic E-state index is 0.307. The van der Waals surface area contributed by atoms with Gasteiger partial charge in [-0.05, 0) is 65.6 Å². The lowest BCUT2D eigenvalue weighted by molar-refractivity contribution is 0.0523. The largest absolute Gasteiger partial charge is 0.315 e. The molecular formula is C17H34N2. The zero-order valence-corrected chi connectivity index (χ0v) is 13.4. The number of nitrogens with zero attached hydrogens (tertiary/aromatic N) is 1. The Labute approximate surface area is 120 Å². The molecule has 1 aliphatic heterocycles. The summed E-state index contributed by atoms with van der Waals surface area (Å²) >= 11 is 0. The van der Waals surface area contributed by atoms with E-state index in [-0.39, 0.29) is 0 Å². The molecule has 2 rings (SSSR count). The number of likely N-dealkylation sites (N-methyl/N-ethyl adjacent to an activating group) is 1. The Kier molecular flexibility index (Phi) is 5.70. The molecule has 1 heterocycles. The van der Waals surface area contributed by atoms with E-state index in [4.69, 9.17) is 0 Å². The number of hydrogen-bond donors (Lipinski definition) is 1. The van der Waals surface area contributed by atoms with Crippen LogP contribution < -0.4 is 5.32 Å².